The van der Waals surface area contributed by atoms with Crippen LogP contribution in [0.2, 0.25) is 0 Å². The number of aryl methyl sites for hydroxylation is 2. The van der Waals surface area contributed by atoms with E-state index in [9.17, 15) is 0 Å². The Kier molecular flexibility index (Phi) is 3.15. The van der Waals surface area contributed by atoms with Gasteiger partial charge in [0.25, 0.3) is 0 Å². The Morgan fingerprint density at radius 2 is 1.83 bits per heavy atom. The molecule has 2 nitrogen and oxygen atoms in total. The fraction of sp³-hybridized carbons (Fsp3) is 0.133. The molecule has 0 bridgehead atoms. The van der Waals surface area contributed by atoms with Gasteiger partial charge in [0, 0.05) is 17.1 Å². The van der Waals surface area contributed by atoms with Crippen LogP contribution in [0.1, 0.15) is 11.4 Å². The summed E-state index contributed by atoms with van der Waals surface area (Å²) in [5, 5.41) is 0. The van der Waals surface area contributed by atoms with E-state index in [4.69, 9.17) is 0 Å². The first-order valence-corrected chi connectivity index (χ1v) is 6.78. The molecular formula is C15H13BrN2. The second-order valence-electron chi connectivity index (χ2n) is 4.30. The molecule has 0 N–H and O–H groups in total. The molecule has 0 atom stereocenters. The molecule has 18 heavy (non-hydrogen) atoms. The number of fused-ring (bicyclic) bond motifs is 1. The summed E-state index contributed by atoms with van der Waals surface area (Å²) in [6, 6.07) is 14.6. The lowest BCUT2D eigenvalue weighted by molar-refractivity contribution is 0.852. The van der Waals surface area contributed by atoms with Crippen molar-refractivity contribution in [2.45, 2.75) is 12.8 Å². The molecule has 0 radical (unpaired) electrons. The van der Waals surface area contributed by atoms with Crippen molar-refractivity contribution in [2.24, 2.45) is 0 Å². The fourth-order valence-electron chi connectivity index (χ4n) is 2.10. The third-order valence-electron chi connectivity index (χ3n) is 3.05. The van der Waals surface area contributed by atoms with Gasteiger partial charge in [-0.2, -0.15) is 0 Å². The monoisotopic (exact) mass is 300 g/mol. The predicted octanol–water partition coefficient (Wildman–Crippen LogP) is 3.88. The lowest BCUT2D eigenvalue weighted by atomic mass is 10.1. The van der Waals surface area contributed by atoms with E-state index < -0.39 is 0 Å². The van der Waals surface area contributed by atoms with E-state index in [-0.39, 0.29) is 0 Å². The number of nitrogens with zero attached hydrogens (tertiary/aromatic N) is 2. The Morgan fingerprint density at radius 1 is 1.00 bits per heavy atom. The summed E-state index contributed by atoms with van der Waals surface area (Å²) in [5.74, 6) is 1.11. The Labute approximate surface area is 114 Å². The number of rotatable bonds is 3. The molecule has 3 rings (SSSR count). The Bertz CT molecular complexity index is 659. The molecular weight excluding hydrogens is 288 g/mol. The second-order valence-corrected chi connectivity index (χ2v) is 5.22. The SMILES string of the molecule is Brc1ccc2cnc(CCc3ccccc3)n2c1. The zero-order chi connectivity index (χ0) is 12.4. The van der Waals surface area contributed by atoms with Crippen molar-refractivity contribution in [3.63, 3.8) is 0 Å². The molecule has 2 aromatic heterocycles. The summed E-state index contributed by atoms with van der Waals surface area (Å²) in [5.41, 5.74) is 2.49. The highest BCUT2D eigenvalue weighted by atomic mass is 79.9. The quantitative estimate of drug-likeness (QED) is 0.717. The van der Waals surface area contributed by atoms with Crippen molar-refractivity contribution >= 4 is 21.4 Å². The van der Waals surface area contributed by atoms with Gasteiger partial charge in [-0.1, -0.05) is 30.3 Å². The van der Waals surface area contributed by atoms with E-state index in [0.717, 1.165) is 28.7 Å². The van der Waals surface area contributed by atoms with Gasteiger partial charge < -0.3 is 4.40 Å². The molecule has 0 saturated carbocycles. The first-order chi connectivity index (χ1) is 8.83. The molecule has 0 aliphatic heterocycles. The standard InChI is InChI=1S/C15H13BrN2/c16-13-7-8-14-10-17-15(18(14)11-13)9-6-12-4-2-1-3-5-12/h1-5,7-8,10-11H,6,9H2. The molecule has 0 fully saturated rings. The van der Waals surface area contributed by atoms with Gasteiger partial charge in [0.15, 0.2) is 0 Å². The number of hydrogen-bond acceptors (Lipinski definition) is 1. The van der Waals surface area contributed by atoms with Gasteiger partial charge in [0.1, 0.15) is 5.82 Å². The molecule has 2 heterocycles. The van der Waals surface area contributed by atoms with Gasteiger partial charge >= 0.3 is 0 Å². The maximum atomic E-state index is 4.49. The van der Waals surface area contributed by atoms with E-state index in [1.165, 1.54) is 5.56 Å². The lowest BCUT2D eigenvalue weighted by Crippen LogP contribution is -1.97. The van der Waals surface area contributed by atoms with E-state index in [1.54, 1.807) is 0 Å². The van der Waals surface area contributed by atoms with E-state index in [1.807, 2.05) is 18.3 Å². The van der Waals surface area contributed by atoms with Crippen LogP contribution in [0.3, 0.4) is 0 Å². The molecule has 0 aliphatic rings. The smallest absolute Gasteiger partial charge is 0.113 e. The van der Waals surface area contributed by atoms with Crippen molar-refractivity contribution in [3.05, 3.63) is 70.7 Å². The lowest BCUT2D eigenvalue weighted by Gasteiger charge is -2.02. The van der Waals surface area contributed by atoms with Gasteiger partial charge in [0.05, 0.1) is 11.7 Å². The number of pyridine rings is 1. The molecule has 0 unspecified atom stereocenters. The molecule has 90 valence electrons. The number of imidazole rings is 1. The van der Waals surface area contributed by atoms with Crippen molar-refractivity contribution in [2.75, 3.05) is 0 Å². The van der Waals surface area contributed by atoms with Gasteiger partial charge in [0.2, 0.25) is 0 Å². The molecule has 1 aromatic carbocycles. The highest BCUT2D eigenvalue weighted by molar-refractivity contribution is 9.10. The third-order valence-corrected chi connectivity index (χ3v) is 3.52. The van der Waals surface area contributed by atoms with Crippen LogP contribution < -0.4 is 0 Å². The Morgan fingerprint density at radius 3 is 2.67 bits per heavy atom. The summed E-state index contributed by atoms with van der Waals surface area (Å²) < 4.78 is 3.22. The molecule has 0 aliphatic carbocycles. The zero-order valence-electron chi connectivity index (χ0n) is 9.88. The maximum Gasteiger partial charge on any atom is 0.113 e. The minimum atomic E-state index is 0.953. The van der Waals surface area contributed by atoms with Crippen LogP contribution >= 0.6 is 15.9 Å². The van der Waals surface area contributed by atoms with Crippen molar-refractivity contribution in [1.82, 2.24) is 9.38 Å². The first-order valence-electron chi connectivity index (χ1n) is 5.98. The van der Waals surface area contributed by atoms with Crippen molar-refractivity contribution in [3.8, 4) is 0 Å². The van der Waals surface area contributed by atoms with E-state index >= 15 is 0 Å². The van der Waals surface area contributed by atoms with Crippen molar-refractivity contribution in [1.29, 1.82) is 0 Å². The molecule has 3 heteroatoms. The summed E-state index contributed by atoms with van der Waals surface area (Å²) in [6.45, 7) is 0. The fourth-order valence-corrected chi connectivity index (χ4v) is 2.44. The molecule has 0 saturated heterocycles. The molecule has 3 aromatic rings. The number of halogens is 1. The Hall–Kier alpha value is -1.61. The average Bonchev–Trinajstić information content (AvgIpc) is 2.80. The summed E-state index contributed by atoms with van der Waals surface area (Å²) in [6.07, 6.45) is 5.97. The Balaban J connectivity index is 1.85. The highest BCUT2D eigenvalue weighted by Gasteiger charge is 2.04. The maximum absolute atomic E-state index is 4.49. The second kappa shape index (κ2) is 4.94. The number of aromatic nitrogens is 2. The van der Waals surface area contributed by atoms with Crippen LogP contribution in [-0.2, 0) is 12.8 Å². The van der Waals surface area contributed by atoms with Crippen LogP contribution in [0, 0.1) is 0 Å². The van der Waals surface area contributed by atoms with Crippen molar-refractivity contribution < 1.29 is 0 Å². The van der Waals surface area contributed by atoms with Gasteiger partial charge in [-0.3, -0.25) is 0 Å². The van der Waals surface area contributed by atoms with Crippen LogP contribution in [0.15, 0.2) is 59.3 Å². The largest absolute Gasteiger partial charge is 0.303 e. The molecule has 0 spiro atoms. The van der Waals surface area contributed by atoms with Gasteiger partial charge in [-0.05, 0) is 40.0 Å². The predicted molar refractivity (Wildman–Crippen MR) is 76.7 cm³/mol. The van der Waals surface area contributed by atoms with Crippen LogP contribution in [-0.4, -0.2) is 9.38 Å². The van der Waals surface area contributed by atoms with Gasteiger partial charge in [-0.25, -0.2) is 4.98 Å². The normalized spacial score (nSPS) is 10.9. The third kappa shape index (κ3) is 2.31. The summed E-state index contributed by atoms with van der Waals surface area (Å²) >= 11 is 3.50. The van der Waals surface area contributed by atoms with Crippen LogP contribution in [0.25, 0.3) is 5.52 Å². The summed E-state index contributed by atoms with van der Waals surface area (Å²) in [7, 11) is 0. The number of benzene rings is 1. The number of hydrogen-bond donors (Lipinski definition) is 0. The minimum absolute atomic E-state index is 0.953. The van der Waals surface area contributed by atoms with E-state index in [0.29, 0.717) is 0 Å². The minimum Gasteiger partial charge on any atom is -0.303 e. The van der Waals surface area contributed by atoms with Gasteiger partial charge in [-0.15, -0.1) is 0 Å². The molecule has 0 amide bonds. The van der Waals surface area contributed by atoms with E-state index in [2.05, 4.69) is 61.8 Å². The first kappa shape index (κ1) is 11.5. The van der Waals surface area contributed by atoms with Crippen LogP contribution in [0.4, 0.5) is 0 Å². The summed E-state index contributed by atoms with van der Waals surface area (Å²) in [4.78, 5) is 4.49. The average molecular weight is 301 g/mol. The highest BCUT2D eigenvalue weighted by Crippen LogP contribution is 2.15. The van der Waals surface area contributed by atoms with Crippen LogP contribution in [0.5, 0.6) is 0 Å². The zero-order valence-corrected chi connectivity index (χ0v) is 11.5. The topological polar surface area (TPSA) is 17.3 Å².